The number of carbonyl (C=O) groups is 2. The van der Waals surface area contributed by atoms with Gasteiger partial charge in [-0.3, -0.25) is 9.59 Å². The fraction of sp³-hybridized carbons (Fsp3) is 0.538. The Hall–Kier alpha value is -1.16. The zero-order valence-electron chi connectivity index (χ0n) is 10.1. The van der Waals surface area contributed by atoms with Gasteiger partial charge in [0.05, 0.1) is 12.0 Å². The van der Waals surface area contributed by atoms with Gasteiger partial charge in [0.2, 0.25) is 0 Å². The first-order valence-electron chi connectivity index (χ1n) is 5.87. The van der Waals surface area contributed by atoms with Crippen LogP contribution >= 0.6 is 11.3 Å². The van der Waals surface area contributed by atoms with Gasteiger partial charge in [0.15, 0.2) is 6.29 Å². The molecule has 0 atom stereocenters. The number of unbranched alkanes of at least 4 members (excludes halogenated alkanes) is 3. The Balaban J connectivity index is 2.04. The standard InChI is InChI=1S/C13H18O3S/c1-16-13(15)7-5-3-2-4-6-11-8-9-12(10-14)17-11/h8-10H,2-7H2,1H3. The van der Waals surface area contributed by atoms with Crippen LogP contribution in [0.3, 0.4) is 0 Å². The van der Waals surface area contributed by atoms with Crippen molar-refractivity contribution in [1.82, 2.24) is 0 Å². The average molecular weight is 254 g/mol. The molecule has 0 fully saturated rings. The lowest BCUT2D eigenvalue weighted by atomic mass is 10.1. The van der Waals surface area contributed by atoms with Crippen molar-refractivity contribution in [1.29, 1.82) is 0 Å². The van der Waals surface area contributed by atoms with E-state index in [1.54, 1.807) is 11.3 Å². The van der Waals surface area contributed by atoms with Crippen molar-refractivity contribution in [3.05, 3.63) is 21.9 Å². The van der Waals surface area contributed by atoms with E-state index in [9.17, 15) is 9.59 Å². The van der Waals surface area contributed by atoms with Crippen molar-refractivity contribution < 1.29 is 14.3 Å². The molecule has 1 aromatic heterocycles. The van der Waals surface area contributed by atoms with Gasteiger partial charge in [-0.1, -0.05) is 12.8 Å². The van der Waals surface area contributed by atoms with Crippen molar-refractivity contribution in [2.24, 2.45) is 0 Å². The van der Waals surface area contributed by atoms with E-state index in [1.807, 2.05) is 12.1 Å². The van der Waals surface area contributed by atoms with Crippen LogP contribution in [0.4, 0.5) is 0 Å². The van der Waals surface area contributed by atoms with E-state index in [-0.39, 0.29) is 5.97 Å². The van der Waals surface area contributed by atoms with Gasteiger partial charge < -0.3 is 4.74 Å². The highest BCUT2D eigenvalue weighted by molar-refractivity contribution is 7.13. The number of carbonyl (C=O) groups excluding carboxylic acids is 2. The zero-order valence-corrected chi connectivity index (χ0v) is 10.9. The minimum absolute atomic E-state index is 0.126. The van der Waals surface area contributed by atoms with Crippen LogP contribution < -0.4 is 0 Å². The second kappa shape index (κ2) is 8.01. The third-order valence-electron chi connectivity index (χ3n) is 2.58. The molecule has 1 heterocycles. The summed E-state index contributed by atoms with van der Waals surface area (Å²) in [4.78, 5) is 23.4. The molecule has 17 heavy (non-hydrogen) atoms. The van der Waals surface area contributed by atoms with Gasteiger partial charge in [0.1, 0.15) is 0 Å². The first kappa shape index (κ1) is 13.9. The third-order valence-corrected chi connectivity index (χ3v) is 3.65. The summed E-state index contributed by atoms with van der Waals surface area (Å²) in [5.74, 6) is -0.126. The number of hydrogen-bond acceptors (Lipinski definition) is 4. The second-order valence-electron chi connectivity index (χ2n) is 3.91. The molecule has 0 amide bonds. The summed E-state index contributed by atoms with van der Waals surface area (Å²) in [6, 6.07) is 3.88. The number of methoxy groups -OCH3 is 1. The first-order chi connectivity index (χ1) is 8.26. The molecule has 3 nitrogen and oxygen atoms in total. The molecule has 94 valence electrons. The summed E-state index contributed by atoms with van der Waals surface area (Å²) >= 11 is 1.56. The number of ether oxygens (including phenoxy) is 1. The van der Waals surface area contributed by atoms with Crippen molar-refractivity contribution in [2.75, 3.05) is 7.11 Å². The maximum absolute atomic E-state index is 10.8. The van der Waals surface area contributed by atoms with E-state index in [0.29, 0.717) is 6.42 Å². The largest absolute Gasteiger partial charge is 0.469 e. The maximum atomic E-state index is 10.8. The van der Waals surface area contributed by atoms with Gasteiger partial charge in [0.25, 0.3) is 0 Å². The number of esters is 1. The third kappa shape index (κ3) is 5.63. The maximum Gasteiger partial charge on any atom is 0.305 e. The van der Waals surface area contributed by atoms with Crippen LogP contribution in [0.25, 0.3) is 0 Å². The molecule has 0 aliphatic carbocycles. The molecular formula is C13H18O3S. The molecule has 0 unspecified atom stereocenters. The van der Waals surface area contributed by atoms with Gasteiger partial charge in [-0.05, 0) is 31.4 Å². The summed E-state index contributed by atoms with van der Waals surface area (Å²) in [7, 11) is 1.42. The van der Waals surface area contributed by atoms with Crippen molar-refractivity contribution in [3.8, 4) is 0 Å². The number of hydrogen-bond donors (Lipinski definition) is 0. The summed E-state index contributed by atoms with van der Waals surface area (Å²) in [6.07, 6.45) is 6.62. The van der Waals surface area contributed by atoms with Gasteiger partial charge in [-0.15, -0.1) is 11.3 Å². The Morgan fingerprint density at radius 2 is 2.06 bits per heavy atom. The van der Waals surface area contributed by atoms with Crippen molar-refractivity contribution >= 4 is 23.6 Å². The molecule has 0 spiro atoms. The number of rotatable bonds is 8. The molecule has 0 saturated heterocycles. The van der Waals surface area contributed by atoms with Gasteiger partial charge in [0, 0.05) is 11.3 Å². The Morgan fingerprint density at radius 1 is 1.29 bits per heavy atom. The van der Waals surface area contributed by atoms with E-state index < -0.39 is 0 Å². The Bertz CT molecular complexity index is 357. The van der Waals surface area contributed by atoms with E-state index in [2.05, 4.69) is 4.74 Å². The first-order valence-corrected chi connectivity index (χ1v) is 6.68. The van der Waals surface area contributed by atoms with E-state index in [0.717, 1.165) is 43.3 Å². The Labute approximate surface area is 106 Å². The second-order valence-corrected chi connectivity index (χ2v) is 5.11. The normalized spacial score (nSPS) is 10.2. The summed E-state index contributed by atoms with van der Waals surface area (Å²) in [5.41, 5.74) is 0. The van der Waals surface area contributed by atoms with E-state index in [1.165, 1.54) is 12.0 Å². The van der Waals surface area contributed by atoms with Crippen molar-refractivity contribution in [3.63, 3.8) is 0 Å². The van der Waals surface area contributed by atoms with E-state index >= 15 is 0 Å². The lowest BCUT2D eigenvalue weighted by Gasteiger charge is -2.00. The average Bonchev–Trinajstić information content (AvgIpc) is 2.81. The molecule has 1 aromatic rings. The quantitative estimate of drug-likeness (QED) is 0.406. The van der Waals surface area contributed by atoms with Gasteiger partial charge in [-0.2, -0.15) is 0 Å². The fourth-order valence-corrected chi connectivity index (χ4v) is 2.49. The molecule has 0 aliphatic rings. The van der Waals surface area contributed by atoms with Gasteiger partial charge in [-0.25, -0.2) is 0 Å². The van der Waals surface area contributed by atoms with E-state index in [4.69, 9.17) is 0 Å². The lowest BCUT2D eigenvalue weighted by Crippen LogP contribution is -1.99. The van der Waals surface area contributed by atoms with Crippen LogP contribution in [-0.2, 0) is 16.0 Å². The van der Waals surface area contributed by atoms with Crippen LogP contribution in [0.15, 0.2) is 12.1 Å². The number of aryl methyl sites for hydroxylation is 1. The Morgan fingerprint density at radius 3 is 2.71 bits per heavy atom. The van der Waals surface area contributed by atoms with Crippen LogP contribution in [0, 0.1) is 0 Å². The van der Waals surface area contributed by atoms with Crippen LogP contribution in [-0.4, -0.2) is 19.4 Å². The highest BCUT2D eigenvalue weighted by Crippen LogP contribution is 2.17. The zero-order chi connectivity index (χ0) is 12.5. The summed E-state index contributed by atoms with van der Waals surface area (Å²) in [6.45, 7) is 0. The van der Waals surface area contributed by atoms with Crippen LogP contribution in [0.5, 0.6) is 0 Å². The monoisotopic (exact) mass is 254 g/mol. The molecule has 4 heteroatoms. The molecule has 0 saturated carbocycles. The molecule has 0 bridgehead atoms. The fourth-order valence-electron chi connectivity index (χ4n) is 1.62. The molecule has 0 N–H and O–H groups in total. The predicted molar refractivity (Wildman–Crippen MR) is 68.5 cm³/mol. The van der Waals surface area contributed by atoms with Gasteiger partial charge >= 0.3 is 5.97 Å². The highest BCUT2D eigenvalue weighted by Gasteiger charge is 2.01. The lowest BCUT2D eigenvalue weighted by molar-refractivity contribution is -0.140. The molecule has 1 rings (SSSR count). The molecule has 0 aliphatic heterocycles. The minimum Gasteiger partial charge on any atom is -0.469 e. The van der Waals surface area contributed by atoms with Crippen LogP contribution in [0.1, 0.15) is 46.7 Å². The highest BCUT2D eigenvalue weighted by atomic mass is 32.1. The van der Waals surface area contributed by atoms with Crippen molar-refractivity contribution in [2.45, 2.75) is 38.5 Å². The molecule has 0 radical (unpaired) electrons. The predicted octanol–water partition coefficient (Wildman–Crippen LogP) is 3.23. The molecule has 0 aromatic carbocycles. The molecular weight excluding hydrogens is 236 g/mol. The number of thiophene rings is 1. The summed E-state index contributed by atoms with van der Waals surface area (Å²) in [5, 5.41) is 0. The smallest absolute Gasteiger partial charge is 0.305 e. The summed E-state index contributed by atoms with van der Waals surface area (Å²) < 4.78 is 4.57. The van der Waals surface area contributed by atoms with Crippen LogP contribution in [0.2, 0.25) is 0 Å². The number of aldehydes is 1. The SMILES string of the molecule is COC(=O)CCCCCCc1ccc(C=O)s1. The minimum atomic E-state index is -0.126. The Kier molecular flexibility index (Phi) is 6.55. The topological polar surface area (TPSA) is 43.4 Å².